The van der Waals surface area contributed by atoms with Crippen LogP contribution < -0.4 is 5.32 Å². The molecular formula is C13H14BrFN2S. The summed E-state index contributed by atoms with van der Waals surface area (Å²) in [6.07, 6.45) is 2.62. The third kappa shape index (κ3) is 2.96. The second kappa shape index (κ2) is 6.41. The van der Waals surface area contributed by atoms with Crippen LogP contribution in [0, 0.1) is 5.82 Å². The second-order valence-electron chi connectivity index (χ2n) is 3.89. The molecule has 0 aliphatic carbocycles. The Morgan fingerprint density at radius 2 is 2.33 bits per heavy atom. The first kappa shape index (κ1) is 13.6. The number of nitrogens with one attached hydrogen (secondary N) is 1. The van der Waals surface area contributed by atoms with Gasteiger partial charge in [0.15, 0.2) is 0 Å². The van der Waals surface area contributed by atoms with E-state index in [0.717, 1.165) is 22.3 Å². The van der Waals surface area contributed by atoms with Gasteiger partial charge in [-0.05, 0) is 52.5 Å². The second-order valence-corrected chi connectivity index (χ2v) is 5.69. The maximum absolute atomic E-state index is 13.9. The van der Waals surface area contributed by atoms with Crippen molar-refractivity contribution in [1.29, 1.82) is 0 Å². The third-order valence-electron chi connectivity index (χ3n) is 2.57. The van der Waals surface area contributed by atoms with Crippen molar-refractivity contribution >= 4 is 27.3 Å². The van der Waals surface area contributed by atoms with Gasteiger partial charge in [0.1, 0.15) is 5.82 Å². The van der Waals surface area contributed by atoms with Crippen molar-refractivity contribution in [2.24, 2.45) is 0 Å². The molecule has 1 atom stereocenters. The van der Waals surface area contributed by atoms with Crippen LogP contribution in [0.4, 0.5) is 4.39 Å². The highest BCUT2D eigenvalue weighted by Gasteiger charge is 2.21. The number of hydrogen-bond donors (Lipinski definition) is 1. The minimum Gasteiger partial charge on any atom is -0.304 e. The summed E-state index contributed by atoms with van der Waals surface area (Å²) in [5, 5.41) is 5.33. The van der Waals surface area contributed by atoms with Gasteiger partial charge < -0.3 is 5.32 Å². The lowest BCUT2D eigenvalue weighted by molar-refractivity contribution is 0.535. The Bertz CT molecular complexity index is 515. The molecule has 0 saturated heterocycles. The SMILES string of the molecule is CCCNC(c1ncccc1F)c1sccc1Br. The van der Waals surface area contributed by atoms with E-state index < -0.39 is 0 Å². The standard InChI is InChI=1S/C13H14BrFN2S/c1-2-6-16-12(13-9(14)5-8-18-13)11-10(15)4-3-7-17-11/h3-5,7-8,12,16H,2,6H2,1H3. The third-order valence-corrected chi connectivity index (χ3v) is 4.50. The lowest BCUT2D eigenvalue weighted by atomic mass is 10.1. The molecule has 2 aromatic heterocycles. The molecule has 0 saturated carbocycles. The molecule has 0 aromatic carbocycles. The highest BCUT2D eigenvalue weighted by atomic mass is 79.9. The van der Waals surface area contributed by atoms with Gasteiger partial charge in [-0.25, -0.2) is 4.39 Å². The van der Waals surface area contributed by atoms with Crippen molar-refractivity contribution in [1.82, 2.24) is 10.3 Å². The predicted octanol–water partition coefficient (Wildman–Crippen LogP) is 4.13. The molecule has 0 bridgehead atoms. The molecule has 0 aliphatic heterocycles. The molecule has 96 valence electrons. The monoisotopic (exact) mass is 328 g/mol. The van der Waals surface area contributed by atoms with E-state index in [1.807, 2.05) is 11.4 Å². The molecule has 0 spiro atoms. The summed E-state index contributed by atoms with van der Waals surface area (Å²) in [6.45, 7) is 2.91. The average Bonchev–Trinajstić information content (AvgIpc) is 2.78. The van der Waals surface area contributed by atoms with E-state index in [2.05, 4.69) is 33.2 Å². The minimum atomic E-state index is -0.272. The van der Waals surface area contributed by atoms with E-state index in [4.69, 9.17) is 0 Å². The summed E-state index contributed by atoms with van der Waals surface area (Å²) in [4.78, 5) is 5.23. The first-order valence-corrected chi connectivity index (χ1v) is 7.48. The predicted molar refractivity (Wildman–Crippen MR) is 76.4 cm³/mol. The first-order chi connectivity index (χ1) is 8.74. The average molecular weight is 329 g/mol. The van der Waals surface area contributed by atoms with Gasteiger partial charge in [-0.1, -0.05) is 6.92 Å². The summed E-state index contributed by atoms with van der Waals surface area (Å²) >= 11 is 5.10. The molecule has 2 rings (SSSR count). The molecule has 0 aliphatic rings. The maximum atomic E-state index is 13.9. The zero-order valence-corrected chi connectivity index (χ0v) is 12.4. The summed E-state index contributed by atoms with van der Waals surface area (Å²) in [5.74, 6) is -0.272. The summed E-state index contributed by atoms with van der Waals surface area (Å²) < 4.78 is 14.9. The Morgan fingerprint density at radius 1 is 1.50 bits per heavy atom. The van der Waals surface area contributed by atoms with Gasteiger partial charge in [-0.3, -0.25) is 4.98 Å². The van der Waals surface area contributed by atoms with Crippen LogP contribution in [0.3, 0.4) is 0 Å². The molecule has 1 N–H and O–H groups in total. The number of thiophene rings is 1. The van der Waals surface area contributed by atoms with Gasteiger partial charge in [0.2, 0.25) is 0 Å². The smallest absolute Gasteiger partial charge is 0.146 e. The fourth-order valence-electron chi connectivity index (χ4n) is 1.72. The Morgan fingerprint density at radius 3 is 2.94 bits per heavy atom. The van der Waals surface area contributed by atoms with Gasteiger partial charge in [-0.15, -0.1) is 11.3 Å². The van der Waals surface area contributed by atoms with Crippen LogP contribution in [0.1, 0.15) is 30.0 Å². The molecule has 0 amide bonds. The molecule has 0 radical (unpaired) electrons. The molecule has 2 nitrogen and oxygen atoms in total. The molecule has 5 heteroatoms. The maximum Gasteiger partial charge on any atom is 0.146 e. The highest BCUT2D eigenvalue weighted by Crippen LogP contribution is 2.33. The van der Waals surface area contributed by atoms with Crippen LogP contribution in [0.5, 0.6) is 0 Å². The number of hydrogen-bond acceptors (Lipinski definition) is 3. The van der Waals surface area contributed by atoms with Crippen LogP contribution in [0.2, 0.25) is 0 Å². The Labute approximate surface area is 118 Å². The van der Waals surface area contributed by atoms with E-state index in [-0.39, 0.29) is 11.9 Å². The lowest BCUT2D eigenvalue weighted by Crippen LogP contribution is -2.24. The van der Waals surface area contributed by atoms with Crippen molar-refractivity contribution in [2.45, 2.75) is 19.4 Å². The number of halogens is 2. The van der Waals surface area contributed by atoms with Gasteiger partial charge in [0.05, 0.1) is 11.7 Å². The fourth-order valence-corrected chi connectivity index (χ4v) is 3.40. The number of nitrogens with zero attached hydrogens (tertiary/aromatic N) is 1. The molecule has 2 heterocycles. The van der Waals surface area contributed by atoms with E-state index in [1.54, 1.807) is 23.6 Å². The van der Waals surface area contributed by atoms with Crippen LogP contribution in [0.15, 0.2) is 34.2 Å². The minimum absolute atomic E-state index is 0.194. The molecule has 0 fully saturated rings. The molecular weight excluding hydrogens is 315 g/mol. The Kier molecular flexibility index (Phi) is 4.86. The zero-order valence-electron chi connectivity index (χ0n) is 9.99. The first-order valence-electron chi connectivity index (χ1n) is 5.80. The van der Waals surface area contributed by atoms with E-state index in [1.165, 1.54) is 6.07 Å². The normalized spacial score (nSPS) is 12.6. The van der Waals surface area contributed by atoms with Crippen molar-refractivity contribution in [3.63, 3.8) is 0 Å². The molecule has 1 unspecified atom stereocenters. The molecule has 2 aromatic rings. The lowest BCUT2D eigenvalue weighted by Gasteiger charge is -2.17. The summed E-state index contributed by atoms with van der Waals surface area (Å²) in [7, 11) is 0. The van der Waals surface area contributed by atoms with E-state index in [9.17, 15) is 4.39 Å². The number of pyridine rings is 1. The van der Waals surface area contributed by atoms with Gasteiger partial charge >= 0.3 is 0 Å². The van der Waals surface area contributed by atoms with Crippen molar-refractivity contribution in [2.75, 3.05) is 6.54 Å². The van der Waals surface area contributed by atoms with Gasteiger partial charge in [-0.2, -0.15) is 0 Å². The fraction of sp³-hybridized carbons (Fsp3) is 0.308. The largest absolute Gasteiger partial charge is 0.304 e. The highest BCUT2D eigenvalue weighted by molar-refractivity contribution is 9.10. The summed E-state index contributed by atoms with van der Waals surface area (Å²) in [5.41, 5.74) is 0.453. The van der Waals surface area contributed by atoms with Crippen LogP contribution in [0.25, 0.3) is 0 Å². The van der Waals surface area contributed by atoms with E-state index in [0.29, 0.717) is 5.69 Å². The van der Waals surface area contributed by atoms with E-state index >= 15 is 0 Å². The zero-order chi connectivity index (χ0) is 13.0. The number of aromatic nitrogens is 1. The summed E-state index contributed by atoms with van der Waals surface area (Å²) in [6, 6.07) is 4.84. The Hall–Kier alpha value is -0.780. The van der Waals surface area contributed by atoms with Crippen molar-refractivity contribution in [3.8, 4) is 0 Å². The Balaban J connectivity index is 2.37. The van der Waals surface area contributed by atoms with Crippen molar-refractivity contribution < 1.29 is 4.39 Å². The quantitative estimate of drug-likeness (QED) is 0.892. The van der Waals surface area contributed by atoms with Crippen LogP contribution in [-0.2, 0) is 0 Å². The van der Waals surface area contributed by atoms with Crippen LogP contribution in [-0.4, -0.2) is 11.5 Å². The number of rotatable bonds is 5. The van der Waals surface area contributed by atoms with Gasteiger partial charge in [0, 0.05) is 15.5 Å². The van der Waals surface area contributed by atoms with Crippen molar-refractivity contribution in [3.05, 3.63) is 50.6 Å². The topological polar surface area (TPSA) is 24.9 Å². The van der Waals surface area contributed by atoms with Crippen LogP contribution >= 0.6 is 27.3 Å². The van der Waals surface area contributed by atoms with Gasteiger partial charge in [0.25, 0.3) is 0 Å². The molecule has 18 heavy (non-hydrogen) atoms.